The van der Waals surface area contributed by atoms with Crippen LogP contribution in [0.15, 0.2) is 12.1 Å². The molecule has 1 aromatic carbocycles. The molecular weight excluding hydrogens is 338 g/mol. The molecule has 1 saturated carbocycles. The maximum atomic E-state index is 14.0. The standard InChI is InChI=1S/C17H25FN2O.2ClH/c1-12-10-14(17(21)15(18)11-12)16(13-4-2-3-5-13)20-8-6-19-7-9-20;;/h10-11,13,16,19,21H,2-9H2,1H3;2*1H/t16-;;/m1../s1. The van der Waals surface area contributed by atoms with Gasteiger partial charge in [-0.15, -0.1) is 24.8 Å². The van der Waals surface area contributed by atoms with Gasteiger partial charge in [-0.05, 0) is 37.3 Å². The predicted octanol–water partition coefficient (Wildman–Crippen LogP) is 3.82. The van der Waals surface area contributed by atoms with Crippen LogP contribution in [-0.4, -0.2) is 36.2 Å². The SMILES string of the molecule is Cc1cc(F)c(O)c([C@@H](C2CCCC2)N2CCNCC2)c1.Cl.Cl. The zero-order valence-electron chi connectivity index (χ0n) is 13.6. The smallest absolute Gasteiger partial charge is 0.165 e. The number of piperazine rings is 1. The van der Waals surface area contributed by atoms with Crippen molar-refractivity contribution < 1.29 is 9.50 Å². The molecule has 3 rings (SSSR count). The second-order valence-corrected chi connectivity index (χ2v) is 6.46. The Kier molecular flexibility index (Phi) is 8.08. The number of phenolic OH excluding ortho intramolecular Hbond substituents is 1. The zero-order valence-corrected chi connectivity index (χ0v) is 15.2. The molecule has 6 heteroatoms. The molecule has 1 aromatic rings. The second-order valence-electron chi connectivity index (χ2n) is 6.46. The van der Waals surface area contributed by atoms with E-state index < -0.39 is 5.82 Å². The molecule has 132 valence electrons. The summed E-state index contributed by atoms with van der Waals surface area (Å²) in [6.07, 6.45) is 4.87. The van der Waals surface area contributed by atoms with Crippen molar-refractivity contribution in [2.45, 2.75) is 38.6 Å². The van der Waals surface area contributed by atoms with E-state index in [-0.39, 0.29) is 36.6 Å². The Labute approximate surface area is 150 Å². The molecule has 23 heavy (non-hydrogen) atoms. The summed E-state index contributed by atoms with van der Waals surface area (Å²) < 4.78 is 14.0. The highest BCUT2D eigenvalue weighted by Gasteiger charge is 2.34. The Morgan fingerprint density at radius 3 is 2.39 bits per heavy atom. The average molecular weight is 365 g/mol. The fourth-order valence-corrected chi connectivity index (χ4v) is 3.97. The van der Waals surface area contributed by atoms with E-state index in [0.717, 1.165) is 37.3 Å². The topological polar surface area (TPSA) is 35.5 Å². The Bertz CT molecular complexity index is 504. The monoisotopic (exact) mass is 364 g/mol. The lowest BCUT2D eigenvalue weighted by Crippen LogP contribution is -2.46. The van der Waals surface area contributed by atoms with E-state index in [2.05, 4.69) is 10.2 Å². The molecule has 2 fully saturated rings. The molecular formula is C17H27Cl2FN2O. The summed E-state index contributed by atoms with van der Waals surface area (Å²) in [7, 11) is 0. The van der Waals surface area contributed by atoms with Gasteiger partial charge in [0.25, 0.3) is 0 Å². The maximum Gasteiger partial charge on any atom is 0.165 e. The molecule has 0 aromatic heterocycles. The summed E-state index contributed by atoms with van der Waals surface area (Å²) in [6, 6.07) is 3.55. The van der Waals surface area contributed by atoms with Crippen LogP contribution in [0.25, 0.3) is 0 Å². The first-order valence-corrected chi connectivity index (χ1v) is 8.10. The van der Waals surface area contributed by atoms with Gasteiger partial charge in [-0.2, -0.15) is 0 Å². The fraction of sp³-hybridized carbons (Fsp3) is 0.647. The van der Waals surface area contributed by atoms with Gasteiger partial charge >= 0.3 is 0 Å². The van der Waals surface area contributed by atoms with Gasteiger partial charge in [0.1, 0.15) is 0 Å². The second kappa shape index (κ2) is 9.07. The van der Waals surface area contributed by atoms with Gasteiger partial charge in [0.2, 0.25) is 0 Å². The van der Waals surface area contributed by atoms with Gasteiger partial charge in [-0.3, -0.25) is 4.90 Å². The zero-order chi connectivity index (χ0) is 14.8. The van der Waals surface area contributed by atoms with E-state index in [9.17, 15) is 9.50 Å². The minimum atomic E-state index is -0.483. The van der Waals surface area contributed by atoms with Crippen molar-refractivity contribution in [3.63, 3.8) is 0 Å². The quantitative estimate of drug-likeness (QED) is 0.855. The molecule has 0 amide bonds. The van der Waals surface area contributed by atoms with Gasteiger partial charge in [-0.1, -0.05) is 18.9 Å². The summed E-state index contributed by atoms with van der Waals surface area (Å²) in [5.74, 6) is -0.0886. The molecule has 0 unspecified atom stereocenters. The number of phenols is 1. The van der Waals surface area contributed by atoms with Crippen LogP contribution in [0.5, 0.6) is 5.75 Å². The molecule has 1 heterocycles. The Morgan fingerprint density at radius 1 is 1.17 bits per heavy atom. The first-order chi connectivity index (χ1) is 10.2. The molecule has 1 aliphatic carbocycles. The lowest BCUT2D eigenvalue weighted by atomic mass is 9.88. The number of halogens is 3. The molecule has 0 radical (unpaired) electrons. The highest BCUT2D eigenvalue weighted by molar-refractivity contribution is 5.85. The van der Waals surface area contributed by atoms with E-state index in [1.165, 1.54) is 31.7 Å². The molecule has 0 bridgehead atoms. The van der Waals surface area contributed by atoms with Crippen LogP contribution < -0.4 is 5.32 Å². The molecule has 2 N–H and O–H groups in total. The number of benzene rings is 1. The lowest BCUT2D eigenvalue weighted by Gasteiger charge is -2.39. The van der Waals surface area contributed by atoms with Crippen LogP contribution >= 0.6 is 24.8 Å². The number of nitrogens with one attached hydrogen (secondary N) is 1. The summed E-state index contributed by atoms with van der Waals surface area (Å²) >= 11 is 0. The van der Waals surface area contributed by atoms with Gasteiger partial charge in [0, 0.05) is 37.8 Å². The summed E-state index contributed by atoms with van der Waals surface area (Å²) in [4.78, 5) is 2.43. The molecule has 1 aliphatic heterocycles. The third-order valence-electron chi connectivity index (χ3n) is 4.95. The molecule has 1 saturated heterocycles. The van der Waals surface area contributed by atoms with Gasteiger partial charge in [0.15, 0.2) is 11.6 Å². The Morgan fingerprint density at radius 2 is 1.78 bits per heavy atom. The summed E-state index contributed by atoms with van der Waals surface area (Å²) in [5, 5.41) is 13.6. The lowest BCUT2D eigenvalue weighted by molar-refractivity contribution is 0.122. The molecule has 1 atom stereocenters. The number of hydrogen-bond acceptors (Lipinski definition) is 3. The number of hydrogen-bond donors (Lipinski definition) is 2. The number of rotatable bonds is 3. The van der Waals surface area contributed by atoms with Crippen molar-refractivity contribution in [3.05, 3.63) is 29.1 Å². The van der Waals surface area contributed by atoms with Crippen LogP contribution in [0, 0.1) is 18.7 Å². The molecule has 2 aliphatic rings. The van der Waals surface area contributed by atoms with Crippen molar-refractivity contribution in [1.82, 2.24) is 10.2 Å². The normalized spacial score (nSPS) is 20.6. The van der Waals surface area contributed by atoms with E-state index in [0.29, 0.717) is 5.92 Å². The first-order valence-electron chi connectivity index (χ1n) is 8.10. The highest BCUT2D eigenvalue weighted by Crippen LogP contribution is 2.43. The van der Waals surface area contributed by atoms with Crippen molar-refractivity contribution in [1.29, 1.82) is 0 Å². The van der Waals surface area contributed by atoms with Gasteiger partial charge in [-0.25, -0.2) is 4.39 Å². The van der Waals surface area contributed by atoms with Gasteiger partial charge < -0.3 is 10.4 Å². The summed E-state index contributed by atoms with van der Waals surface area (Å²) in [6.45, 7) is 5.78. The number of aromatic hydroxyl groups is 1. The third-order valence-corrected chi connectivity index (χ3v) is 4.95. The third kappa shape index (κ3) is 4.50. The van der Waals surface area contributed by atoms with Crippen molar-refractivity contribution >= 4 is 24.8 Å². The highest BCUT2D eigenvalue weighted by atomic mass is 35.5. The van der Waals surface area contributed by atoms with Crippen LogP contribution in [-0.2, 0) is 0 Å². The minimum Gasteiger partial charge on any atom is -0.505 e. The van der Waals surface area contributed by atoms with Crippen LogP contribution in [0.2, 0.25) is 0 Å². The van der Waals surface area contributed by atoms with Crippen molar-refractivity contribution in [2.24, 2.45) is 5.92 Å². The van der Waals surface area contributed by atoms with E-state index in [1.54, 1.807) is 0 Å². The molecule has 0 spiro atoms. The van der Waals surface area contributed by atoms with Crippen LogP contribution in [0.4, 0.5) is 4.39 Å². The minimum absolute atomic E-state index is 0. The number of nitrogens with zero attached hydrogens (tertiary/aromatic N) is 1. The number of aryl methyl sites for hydroxylation is 1. The van der Waals surface area contributed by atoms with Crippen molar-refractivity contribution in [3.8, 4) is 5.75 Å². The van der Waals surface area contributed by atoms with E-state index in [1.807, 2.05) is 13.0 Å². The fourth-order valence-electron chi connectivity index (χ4n) is 3.97. The van der Waals surface area contributed by atoms with Gasteiger partial charge in [0.05, 0.1) is 0 Å². The van der Waals surface area contributed by atoms with Crippen LogP contribution in [0.1, 0.15) is 42.9 Å². The maximum absolute atomic E-state index is 14.0. The van der Waals surface area contributed by atoms with Crippen LogP contribution in [0.3, 0.4) is 0 Å². The average Bonchev–Trinajstić information content (AvgIpc) is 2.99. The Hall–Kier alpha value is -0.550. The Balaban J connectivity index is 0.00000132. The van der Waals surface area contributed by atoms with Crippen molar-refractivity contribution in [2.75, 3.05) is 26.2 Å². The largest absolute Gasteiger partial charge is 0.505 e. The first kappa shape index (κ1) is 20.5. The predicted molar refractivity (Wildman–Crippen MR) is 96.4 cm³/mol. The summed E-state index contributed by atoms with van der Waals surface area (Å²) in [5.41, 5.74) is 1.68. The van der Waals surface area contributed by atoms with E-state index in [4.69, 9.17) is 0 Å². The molecule has 3 nitrogen and oxygen atoms in total. The van der Waals surface area contributed by atoms with E-state index >= 15 is 0 Å².